The number of aromatic nitrogens is 2. The van der Waals surface area contributed by atoms with Gasteiger partial charge in [0.2, 0.25) is 5.91 Å². The number of rotatable bonds is 4. The molecule has 1 aromatic heterocycles. The number of hydrogen-bond acceptors (Lipinski definition) is 3. The number of carbonyl (C=O) groups excluding carboxylic acids is 1. The number of carbonyl (C=O) groups is 1. The topological polar surface area (TPSA) is 59.0 Å². The van der Waals surface area contributed by atoms with Gasteiger partial charge < -0.3 is 10.6 Å². The Morgan fingerprint density at radius 1 is 1.40 bits per heavy atom. The normalized spacial score (nSPS) is 18.1. The van der Waals surface area contributed by atoms with Gasteiger partial charge in [0, 0.05) is 24.5 Å². The standard InChI is InChI=1S/C15H18N4O/c20-15(10-12-6-8-16-11-12)18-13-2-4-14(5-3-13)19-9-1-7-17-19/h1-5,7,9,12,16H,6,8,10-11H2,(H,18,20). The third kappa shape index (κ3) is 3.05. The highest BCUT2D eigenvalue weighted by Crippen LogP contribution is 2.16. The van der Waals surface area contributed by atoms with Gasteiger partial charge in [0.15, 0.2) is 0 Å². The average molecular weight is 270 g/mol. The lowest BCUT2D eigenvalue weighted by Gasteiger charge is -2.09. The predicted molar refractivity (Wildman–Crippen MR) is 77.8 cm³/mol. The highest BCUT2D eigenvalue weighted by molar-refractivity contribution is 5.90. The van der Waals surface area contributed by atoms with E-state index in [1.54, 1.807) is 10.9 Å². The first kappa shape index (κ1) is 12.9. The first-order valence-electron chi connectivity index (χ1n) is 6.92. The van der Waals surface area contributed by atoms with Crippen LogP contribution in [0, 0.1) is 5.92 Å². The molecule has 3 rings (SSSR count). The van der Waals surface area contributed by atoms with Gasteiger partial charge in [-0.25, -0.2) is 4.68 Å². The van der Waals surface area contributed by atoms with Gasteiger partial charge in [-0.15, -0.1) is 0 Å². The van der Waals surface area contributed by atoms with Crippen LogP contribution >= 0.6 is 0 Å². The first-order chi connectivity index (χ1) is 9.81. The Morgan fingerprint density at radius 3 is 2.90 bits per heavy atom. The minimum absolute atomic E-state index is 0.0885. The fraction of sp³-hybridized carbons (Fsp3) is 0.333. The van der Waals surface area contributed by atoms with Gasteiger partial charge in [-0.3, -0.25) is 4.79 Å². The molecule has 104 valence electrons. The Kier molecular flexibility index (Phi) is 3.78. The van der Waals surface area contributed by atoms with Crippen LogP contribution in [0.15, 0.2) is 42.7 Å². The van der Waals surface area contributed by atoms with E-state index in [2.05, 4.69) is 15.7 Å². The maximum Gasteiger partial charge on any atom is 0.224 e. The van der Waals surface area contributed by atoms with Gasteiger partial charge in [0.1, 0.15) is 0 Å². The molecule has 1 aliphatic rings. The average Bonchev–Trinajstić information content (AvgIpc) is 3.12. The van der Waals surface area contributed by atoms with Crippen LogP contribution in [-0.4, -0.2) is 28.8 Å². The van der Waals surface area contributed by atoms with Gasteiger partial charge in [-0.1, -0.05) is 0 Å². The summed E-state index contributed by atoms with van der Waals surface area (Å²) in [6.07, 6.45) is 5.31. The molecule has 2 N–H and O–H groups in total. The van der Waals surface area contributed by atoms with Crippen LogP contribution in [-0.2, 0) is 4.79 Å². The first-order valence-corrected chi connectivity index (χ1v) is 6.92. The monoisotopic (exact) mass is 270 g/mol. The molecular weight excluding hydrogens is 252 g/mol. The lowest BCUT2D eigenvalue weighted by Crippen LogP contribution is -2.18. The van der Waals surface area contributed by atoms with Crippen molar-refractivity contribution in [2.75, 3.05) is 18.4 Å². The highest BCUT2D eigenvalue weighted by Gasteiger charge is 2.17. The van der Waals surface area contributed by atoms with Crippen molar-refractivity contribution >= 4 is 11.6 Å². The second kappa shape index (κ2) is 5.88. The van der Waals surface area contributed by atoms with Crippen molar-refractivity contribution in [2.45, 2.75) is 12.8 Å². The van der Waals surface area contributed by atoms with Crippen molar-refractivity contribution < 1.29 is 4.79 Å². The minimum atomic E-state index is 0.0885. The van der Waals surface area contributed by atoms with E-state index in [1.165, 1.54) is 0 Å². The van der Waals surface area contributed by atoms with Crippen LogP contribution in [0.5, 0.6) is 0 Å². The number of amides is 1. The van der Waals surface area contributed by atoms with E-state index in [4.69, 9.17) is 0 Å². The van der Waals surface area contributed by atoms with E-state index in [9.17, 15) is 4.79 Å². The molecule has 0 spiro atoms. The summed E-state index contributed by atoms with van der Waals surface area (Å²) in [4.78, 5) is 11.9. The van der Waals surface area contributed by atoms with Crippen LogP contribution in [0.2, 0.25) is 0 Å². The predicted octanol–water partition coefficient (Wildman–Crippen LogP) is 1.81. The molecule has 1 fully saturated rings. The van der Waals surface area contributed by atoms with E-state index in [0.717, 1.165) is 30.9 Å². The van der Waals surface area contributed by atoms with Crippen LogP contribution in [0.4, 0.5) is 5.69 Å². The largest absolute Gasteiger partial charge is 0.326 e. The molecule has 1 amide bonds. The lowest BCUT2D eigenvalue weighted by atomic mass is 10.0. The molecule has 5 heteroatoms. The van der Waals surface area contributed by atoms with E-state index in [0.29, 0.717) is 12.3 Å². The molecular formula is C15H18N4O. The van der Waals surface area contributed by atoms with Crippen LogP contribution in [0.1, 0.15) is 12.8 Å². The summed E-state index contributed by atoms with van der Waals surface area (Å²) in [6, 6.07) is 9.58. The van der Waals surface area contributed by atoms with Crippen LogP contribution in [0.3, 0.4) is 0 Å². The summed E-state index contributed by atoms with van der Waals surface area (Å²) < 4.78 is 1.79. The van der Waals surface area contributed by atoms with Gasteiger partial charge in [0.05, 0.1) is 5.69 Å². The Labute approximate surface area is 118 Å². The fourth-order valence-electron chi connectivity index (χ4n) is 2.48. The molecule has 1 atom stereocenters. The third-order valence-corrected chi connectivity index (χ3v) is 3.56. The minimum Gasteiger partial charge on any atom is -0.326 e. The number of benzene rings is 1. The molecule has 1 aliphatic heterocycles. The number of nitrogens with one attached hydrogen (secondary N) is 2. The number of hydrogen-bond donors (Lipinski definition) is 2. The highest BCUT2D eigenvalue weighted by atomic mass is 16.1. The molecule has 2 aromatic rings. The maximum atomic E-state index is 11.9. The molecule has 0 bridgehead atoms. The van der Waals surface area contributed by atoms with Crippen molar-refractivity contribution in [1.82, 2.24) is 15.1 Å². The van der Waals surface area contributed by atoms with E-state index < -0.39 is 0 Å². The van der Waals surface area contributed by atoms with Crippen molar-refractivity contribution in [3.8, 4) is 5.69 Å². The van der Waals surface area contributed by atoms with E-state index in [-0.39, 0.29) is 5.91 Å². The molecule has 1 unspecified atom stereocenters. The maximum absolute atomic E-state index is 11.9. The summed E-state index contributed by atoms with van der Waals surface area (Å²) in [5.74, 6) is 0.559. The Morgan fingerprint density at radius 2 is 2.25 bits per heavy atom. The molecule has 1 aromatic carbocycles. The molecule has 5 nitrogen and oxygen atoms in total. The van der Waals surface area contributed by atoms with Crippen LogP contribution in [0.25, 0.3) is 5.69 Å². The molecule has 0 aliphatic carbocycles. The molecule has 0 radical (unpaired) electrons. The molecule has 1 saturated heterocycles. The zero-order valence-electron chi connectivity index (χ0n) is 11.2. The second-order valence-electron chi connectivity index (χ2n) is 5.11. The molecule has 20 heavy (non-hydrogen) atoms. The smallest absolute Gasteiger partial charge is 0.224 e. The zero-order valence-corrected chi connectivity index (χ0v) is 11.2. The number of nitrogens with zero attached hydrogens (tertiary/aromatic N) is 2. The summed E-state index contributed by atoms with van der Waals surface area (Å²) in [5, 5.41) is 10.4. The van der Waals surface area contributed by atoms with Gasteiger partial charge in [0.25, 0.3) is 0 Å². The Bertz CT molecular complexity index is 556. The Hall–Kier alpha value is -2.14. The summed E-state index contributed by atoms with van der Waals surface area (Å²) >= 11 is 0. The van der Waals surface area contributed by atoms with Gasteiger partial charge >= 0.3 is 0 Å². The molecule has 2 heterocycles. The number of anilines is 1. The summed E-state index contributed by atoms with van der Waals surface area (Å²) in [6.45, 7) is 1.97. The Balaban J connectivity index is 1.59. The quantitative estimate of drug-likeness (QED) is 0.891. The van der Waals surface area contributed by atoms with Gasteiger partial charge in [-0.05, 0) is 55.8 Å². The third-order valence-electron chi connectivity index (χ3n) is 3.56. The van der Waals surface area contributed by atoms with Crippen LogP contribution < -0.4 is 10.6 Å². The van der Waals surface area contributed by atoms with E-state index >= 15 is 0 Å². The lowest BCUT2D eigenvalue weighted by molar-refractivity contribution is -0.116. The van der Waals surface area contributed by atoms with Crippen molar-refractivity contribution in [1.29, 1.82) is 0 Å². The van der Waals surface area contributed by atoms with Crippen molar-refractivity contribution in [2.24, 2.45) is 5.92 Å². The summed E-state index contributed by atoms with van der Waals surface area (Å²) in [5.41, 5.74) is 1.81. The molecule has 0 saturated carbocycles. The van der Waals surface area contributed by atoms with E-state index in [1.807, 2.05) is 36.5 Å². The fourth-order valence-corrected chi connectivity index (χ4v) is 2.48. The summed E-state index contributed by atoms with van der Waals surface area (Å²) in [7, 11) is 0. The SMILES string of the molecule is O=C(CC1CCNC1)Nc1ccc(-n2cccn2)cc1. The van der Waals surface area contributed by atoms with Crippen molar-refractivity contribution in [3.05, 3.63) is 42.7 Å². The second-order valence-corrected chi connectivity index (χ2v) is 5.11. The van der Waals surface area contributed by atoms with Gasteiger partial charge in [-0.2, -0.15) is 5.10 Å². The van der Waals surface area contributed by atoms with Crippen molar-refractivity contribution in [3.63, 3.8) is 0 Å². The zero-order chi connectivity index (χ0) is 13.8.